The molecule has 0 aliphatic carbocycles. The van der Waals surface area contributed by atoms with Gasteiger partial charge in [-0.15, -0.1) is 13.2 Å². The highest BCUT2D eigenvalue weighted by molar-refractivity contribution is 5.27. The third-order valence-corrected chi connectivity index (χ3v) is 1.45. The van der Waals surface area contributed by atoms with Crippen LogP contribution >= 0.6 is 0 Å². The maximum Gasteiger partial charge on any atom is 0.573 e. The van der Waals surface area contributed by atoms with Crippen molar-refractivity contribution >= 4 is 0 Å². The Kier molecular flexibility index (Phi) is 3.35. The summed E-state index contributed by atoms with van der Waals surface area (Å²) in [5.74, 6) is -0.231. The predicted octanol–water partition coefficient (Wildman–Crippen LogP) is 2.48. The number of halogens is 3. The summed E-state index contributed by atoms with van der Waals surface area (Å²) in [4.78, 5) is 0. The van der Waals surface area contributed by atoms with Gasteiger partial charge in [0.1, 0.15) is 5.75 Å². The molecule has 1 aromatic rings. The molecule has 14 heavy (non-hydrogen) atoms. The van der Waals surface area contributed by atoms with Crippen molar-refractivity contribution < 1.29 is 17.9 Å². The third kappa shape index (κ3) is 3.66. The highest BCUT2D eigenvalue weighted by atomic mass is 19.4. The van der Waals surface area contributed by atoms with Crippen LogP contribution in [-0.2, 0) is 6.54 Å². The van der Waals surface area contributed by atoms with Crippen LogP contribution in [0.25, 0.3) is 0 Å². The van der Waals surface area contributed by atoms with E-state index in [9.17, 15) is 13.2 Å². The molecule has 0 fully saturated rings. The number of rotatable bonds is 3. The minimum absolute atomic E-state index is 0.231. The Balaban J connectivity index is 2.64. The second-order valence-electron chi connectivity index (χ2n) is 2.57. The van der Waals surface area contributed by atoms with Gasteiger partial charge < -0.3 is 10.1 Å². The molecule has 0 bridgehead atoms. The first kappa shape index (κ1) is 10.8. The first-order chi connectivity index (χ1) is 6.51. The second kappa shape index (κ2) is 4.32. The molecular formula is C9H8F3NO-. The molecule has 5 heteroatoms. The third-order valence-electron chi connectivity index (χ3n) is 1.45. The summed E-state index contributed by atoms with van der Waals surface area (Å²) in [7, 11) is 3.28. The summed E-state index contributed by atoms with van der Waals surface area (Å²) in [6.45, 7) is 0.381. The lowest BCUT2D eigenvalue weighted by Gasteiger charge is -2.09. The quantitative estimate of drug-likeness (QED) is 0.692. The average Bonchev–Trinajstić information content (AvgIpc) is 2.06. The number of alkyl halides is 3. The minimum atomic E-state index is -4.64. The van der Waals surface area contributed by atoms with Gasteiger partial charge in [-0.25, -0.2) is 0 Å². The standard InChI is InChI=1S/C9H8F3NO/c1-13-6-7-2-4-8(5-3-7)14-9(10,11)12/h2-5H,1,6H2/q-1. The molecule has 0 saturated carbocycles. The van der Waals surface area contributed by atoms with Crippen molar-refractivity contribution in [3.05, 3.63) is 36.9 Å². The monoisotopic (exact) mass is 203 g/mol. The van der Waals surface area contributed by atoms with Gasteiger partial charge in [-0.3, -0.25) is 7.05 Å². The molecule has 77 valence electrons. The normalized spacial score (nSPS) is 11.4. The van der Waals surface area contributed by atoms with Crippen LogP contribution in [0.3, 0.4) is 0 Å². The highest BCUT2D eigenvalue weighted by Crippen LogP contribution is 2.22. The van der Waals surface area contributed by atoms with E-state index in [1.807, 2.05) is 0 Å². The van der Waals surface area contributed by atoms with E-state index in [0.717, 1.165) is 5.56 Å². The van der Waals surface area contributed by atoms with Gasteiger partial charge in [0.25, 0.3) is 0 Å². The average molecular weight is 203 g/mol. The van der Waals surface area contributed by atoms with E-state index in [2.05, 4.69) is 17.1 Å². The lowest BCUT2D eigenvalue weighted by molar-refractivity contribution is -0.274. The van der Waals surface area contributed by atoms with Gasteiger partial charge in [0.05, 0.1) is 0 Å². The minimum Gasteiger partial charge on any atom is -0.420 e. The fourth-order valence-corrected chi connectivity index (χ4v) is 0.926. The van der Waals surface area contributed by atoms with Gasteiger partial charge in [0, 0.05) is 6.54 Å². The Labute approximate surface area is 79.7 Å². The van der Waals surface area contributed by atoms with Crippen LogP contribution in [0.4, 0.5) is 13.2 Å². The Morgan fingerprint density at radius 2 is 1.79 bits per heavy atom. The van der Waals surface area contributed by atoms with Crippen LogP contribution in [0.5, 0.6) is 5.75 Å². The molecule has 0 amide bonds. The van der Waals surface area contributed by atoms with E-state index in [1.165, 1.54) is 24.3 Å². The van der Waals surface area contributed by atoms with E-state index in [-0.39, 0.29) is 5.75 Å². The predicted molar refractivity (Wildman–Crippen MR) is 44.3 cm³/mol. The first-order valence-electron chi connectivity index (χ1n) is 3.78. The summed E-state index contributed by atoms with van der Waals surface area (Å²) in [6.07, 6.45) is -4.64. The van der Waals surface area contributed by atoms with Crippen molar-refractivity contribution in [2.75, 3.05) is 0 Å². The molecule has 0 aromatic heterocycles. The van der Waals surface area contributed by atoms with E-state index >= 15 is 0 Å². The maximum absolute atomic E-state index is 11.7. The second-order valence-corrected chi connectivity index (χ2v) is 2.57. The summed E-state index contributed by atoms with van der Waals surface area (Å²) >= 11 is 0. The topological polar surface area (TPSA) is 23.3 Å². The molecule has 0 unspecified atom stereocenters. The zero-order valence-electron chi connectivity index (χ0n) is 7.21. The molecule has 1 rings (SSSR count). The Morgan fingerprint density at radius 3 is 2.21 bits per heavy atom. The van der Waals surface area contributed by atoms with Gasteiger partial charge in [-0.2, -0.15) is 0 Å². The lowest BCUT2D eigenvalue weighted by atomic mass is 10.2. The van der Waals surface area contributed by atoms with Gasteiger partial charge in [0.2, 0.25) is 0 Å². The van der Waals surface area contributed by atoms with Crippen LogP contribution in [-0.4, -0.2) is 6.36 Å². The largest absolute Gasteiger partial charge is 0.573 e. The van der Waals surface area contributed by atoms with Crippen molar-refractivity contribution in [1.82, 2.24) is 5.32 Å². The Bertz CT molecular complexity index is 281. The number of hydrogen-bond acceptors (Lipinski definition) is 1. The van der Waals surface area contributed by atoms with Crippen molar-refractivity contribution in [2.45, 2.75) is 12.9 Å². The van der Waals surface area contributed by atoms with E-state index in [1.54, 1.807) is 0 Å². The van der Waals surface area contributed by atoms with Crippen molar-refractivity contribution in [3.8, 4) is 5.75 Å². The molecule has 0 aliphatic heterocycles. The maximum atomic E-state index is 11.7. The molecule has 0 saturated heterocycles. The fourth-order valence-electron chi connectivity index (χ4n) is 0.926. The zero-order chi connectivity index (χ0) is 10.6. The summed E-state index contributed by atoms with van der Waals surface area (Å²) in [6, 6.07) is 5.51. The van der Waals surface area contributed by atoms with Crippen LogP contribution in [0, 0.1) is 7.05 Å². The molecule has 0 N–H and O–H groups in total. The van der Waals surface area contributed by atoms with Crippen LogP contribution in [0.1, 0.15) is 5.56 Å². The Morgan fingerprint density at radius 1 is 1.21 bits per heavy atom. The van der Waals surface area contributed by atoms with Gasteiger partial charge in [-0.05, 0) is 17.7 Å². The fraction of sp³-hybridized carbons (Fsp3) is 0.222. The number of ether oxygens (including phenoxy) is 1. The molecule has 1 aromatic carbocycles. The molecule has 0 aliphatic rings. The molecule has 2 nitrogen and oxygen atoms in total. The van der Waals surface area contributed by atoms with E-state index in [0.29, 0.717) is 6.54 Å². The lowest BCUT2D eigenvalue weighted by Crippen LogP contribution is -2.17. The zero-order valence-corrected chi connectivity index (χ0v) is 7.21. The number of hydrogen-bond donors (Lipinski definition) is 0. The summed E-state index contributed by atoms with van der Waals surface area (Å²) in [5.41, 5.74) is 0.787. The van der Waals surface area contributed by atoms with Crippen molar-refractivity contribution in [3.63, 3.8) is 0 Å². The smallest absolute Gasteiger partial charge is 0.420 e. The van der Waals surface area contributed by atoms with Crippen LogP contribution in [0.15, 0.2) is 24.3 Å². The van der Waals surface area contributed by atoms with Crippen molar-refractivity contribution in [2.24, 2.45) is 0 Å². The highest BCUT2D eigenvalue weighted by Gasteiger charge is 2.30. The number of benzene rings is 1. The first-order valence-corrected chi connectivity index (χ1v) is 3.78. The van der Waals surface area contributed by atoms with Crippen molar-refractivity contribution in [1.29, 1.82) is 0 Å². The van der Waals surface area contributed by atoms with Gasteiger partial charge >= 0.3 is 6.36 Å². The van der Waals surface area contributed by atoms with Crippen LogP contribution in [0.2, 0.25) is 0 Å². The SMILES string of the molecule is [CH2-][N]Cc1ccc(OC(F)(F)F)cc1. The van der Waals surface area contributed by atoms with Crippen LogP contribution < -0.4 is 10.1 Å². The molecule has 1 radical (unpaired) electrons. The summed E-state index contributed by atoms with van der Waals surface area (Å²) < 4.78 is 38.9. The van der Waals surface area contributed by atoms with Gasteiger partial charge in [-0.1, -0.05) is 12.1 Å². The molecule has 0 heterocycles. The van der Waals surface area contributed by atoms with E-state index in [4.69, 9.17) is 0 Å². The number of nitrogens with zero attached hydrogens (tertiary/aromatic N) is 1. The van der Waals surface area contributed by atoms with E-state index < -0.39 is 6.36 Å². The molecular weight excluding hydrogens is 195 g/mol. The molecule has 0 spiro atoms. The Hall–Kier alpha value is -1.23. The summed E-state index contributed by atoms with van der Waals surface area (Å²) in [5, 5.41) is 3.60. The van der Waals surface area contributed by atoms with Gasteiger partial charge in [0.15, 0.2) is 0 Å². The molecule has 0 atom stereocenters.